The zero-order valence-electron chi connectivity index (χ0n) is 19.1. The molecule has 2 unspecified atom stereocenters. The predicted octanol–water partition coefficient (Wildman–Crippen LogP) is 7.90. The highest BCUT2D eigenvalue weighted by atomic mass is 31.2. The minimum Gasteiger partial charge on any atom is -0.252 e. The molecule has 0 radical (unpaired) electrons. The van der Waals surface area contributed by atoms with Gasteiger partial charge in [0.25, 0.3) is 0 Å². The number of hydrogen-bond acceptors (Lipinski definition) is 1. The van der Waals surface area contributed by atoms with Crippen LogP contribution in [0.15, 0.2) is 54.6 Å². The highest BCUT2D eigenvalue weighted by Crippen LogP contribution is 2.68. The van der Waals surface area contributed by atoms with Gasteiger partial charge in [0.1, 0.15) is 0 Å². The lowest BCUT2D eigenvalue weighted by atomic mass is 10.1. The molecule has 0 amide bonds. The van der Waals surface area contributed by atoms with E-state index in [0.717, 1.165) is 61.7 Å². The van der Waals surface area contributed by atoms with Gasteiger partial charge in [-0.3, -0.25) is 4.44 Å². The summed E-state index contributed by atoms with van der Waals surface area (Å²) >= 11 is 0. The van der Waals surface area contributed by atoms with Gasteiger partial charge in [-0.1, -0.05) is 43.7 Å². The van der Waals surface area contributed by atoms with Gasteiger partial charge in [-0.15, -0.1) is 0 Å². The molecule has 2 atom stereocenters. The Hall–Kier alpha value is -1.94. The molecule has 0 saturated carbocycles. The zero-order chi connectivity index (χ0) is 25.1. The summed E-state index contributed by atoms with van der Waals surface area (Å²) in [4.78, 5) is 0. The highest BCUT2D eigenvalue weighted by Gasteiger charge is 2.38. The van der Waals surface area contributed by atoms with Crippen LogP contribution in [0.5, 0.6) is 0 Å². The fourth-order valence-electron chi connectivity index (χ4n) is 4.43. The molecular formula is C26H25F6NP2. The molecular weight excluding hydrogens is 502 g/mol. The van der Waals surface area contributed by atoms with E-state index >= 15 is 0 Å². The van der Waals surface area contributed by atoms with Crippen LogP contribution < -0.4 is 10.6 Å². The van der Waals surface area contributed by atoms with Crippen molar-refractivity contribution in [2.24, 2.45) is 0 Å². The molecule has 1 heterocycles. The van der Waals surface area contributed by atoms with Gasteiger partial charge >= 0.3 is 0 Å². The number of halogens is 6. The van der Waals surface area contributed by atoms with Gasteiger partial charge in [0.05, 0.1) is 0 Å². The Balaban J connectivity index is 1.88. The number of nitrogens with zero attached hydrogens (tertiary/aromatic N) is 1. The first-order valence-corrected chi connectivity index (χ1v) is 14.3. The second-order valence-corrected chi connectivity index (χ2v) is 13.3. The fourth-order valence-corrected chi connectivity index (χ4v) is 11.5. The van der Waals surface area contributed by atoms with Gasteiger partial charge in [0, 0.05) is 30.9 Å². The average Bonchev–Trinajstić information content (AvgIpc) is 3.33. The SMILES string of the molecule is CCCCN(P(c1cc(F)c(F)c(F)c1)c1cc(F)c(F)c(F)c1)P1CCCC1c1ccccc1. The van der Waals surface area contributed by atoms with Crippen LogP contribution in [-0.4, -0.2) is 17.1 Å². The van der Waals surface area contributed by atoms with Crippen molar-refractivity contribution in [3.63, 3.8) is 0 Å². The quantitative estimate of drug-likeness (QED) is 0.164. The molecule has 9 heteroatoms. The molecule has 1 saturated heterocycles. The van der Waals surface area contributed by atoms with Crippen molar-refractivity contribution in [1.82, 2.24) is 4.44 Å². The molecule has 0 aliphatic carbocycles. The molecule has 186 valence electrons. The Morgan fingerprint density at radius 3 is 1.83 bits per heavy atom. The summed E-state index contributed by atoms with van der Waals surface area (Å²) < 4.78 is 87.2. The molecule has 0 spiro atoms. The monoisotopic (exact) mass is 527 g/mol. The minimum absolute atomic E-state index is 0.0964. The molecule has 0 N–H and O–H groups in total. The van der Waals surface area contributed by atoms with Crippen molar-refractivity contribution in [3.05, 3.63) is 95.1 Å². The van der Waals surface area contributed by atoms with E-state index in [1.165, 1.54) is 0 Å². The van der Waals surface area contributed by atoms with Crippen LogP contribution in [0.1, 0.15) is 43.8 Å². The summed E-state index contributed by atoms with van der Waals surface area (Å²) in [5.41, 5.74) is 1.30. The zero-order valence-corrected chi connectivity index (χ0v) is 20.9. The van der Waals surface area contributed by atoms with Crippen LogP contribution in [0.2, 0.25) is 0 Å². The molecule has 0 bridgehead atoms. The Bertz CT molecular complexity index is 1070. The Morgan fingerprint density at radius 1 is 0.829 bits per heavy atom. The van der Waals surface area contributed by atoms with Crippen molar-refractivity contribution in [2.75, 3.05) is 12.7 Å². The first-order valence-electron chi connectivity index (χ1n) is 11.5. The van der Waals surface area contributed by atoms with Gasteiger partial charge in [-0.25, -0.2) is 26.3 Å². The molecule has 4 rings (SSSR count). The first-order chi connectivity index (χ1) is 16.8. The molecule has 1 fully saturated rings. The van der Waals surface area contributed by atoms with Gasteiger partial charge in [0.15, 0.2) is 34.9 Å². The molecule has 1 aliphatic heterocycles. The molecule has 3 aromatic rings. The summed E-state index contributed by atoms with van der Waals surface area (Å²) in [7, 11) is -2.79. The lowest BCUT2D eigenvalue weighted by Crippen LogP contribution is -2.29. The summed E-state index contributed by atoms with van der Waals surface area (Å²) in [5.74, 6) is -8.69. The van der Waals surface area contributed by atoms with Gasteiger partial charge < -0.3 is 0 Å². The maximum absolute atomic E-state index is 14.3. The molecule has 35 heavy (non-hydrogen) atoms. The molecule has 1 aliphatic rings. The maximum Gasteiger partial charge on any atom is 0.194 e. The summed E-state index contributed by atoms with van der Waals surface area (Å²) in [6, 6.07) is 13.5. The Morgan fingerprint density at radius 2 is 1.34 bits per heavy atom. The van der Waals surface area contributed by atoms with Gasteiger partial charge in [-0.05, 0) is 63.3 Å². The van der Waals surface area contributed by atoms with Crippen molar-refractivity contribution in [2.45, 2.75) is 38.3 Å². The predicted molar refractivity (Wildman–Crippen MR) is 131 cm³/mol. The summed E-state index contributed by atoms with van der Waals surface area (Å²) in [6.45, 7) is 2.53. The van der Waals surface area contributed by atoms with Crippen molar-refractivity contribution < 1.29 is 26.3 Å². The summed E-state index contributed by atoms with van der Waals surface area (Å²) in [5, 5.41) is 0.193. The third-order valence-electron chi connectivity index (χ3n) is 6.07. The smallest absolute Gasteiger partial charge is 0.194 e. The van der Waals surface area contributed by atoms with Crippen molar-refractivity contribution >= 4 is 26.8 Å². The highest BCUT2D eigenvalue weighted by molar-refractivity contribution is 7.79. The van der Waals surface area contributed by atoms with E-state index in [2.05, 4.69) is 4.44 Å². The number of rotatable bonds is 8. The van der Waals surface area contributed by atoms with E-state index in [-0.39, 0.29) is 16.3 Å². The Labute approximate surface area is 203 Å². The summed E-state index contributed by atoms with van der Waals surface area (Å²) in [6.07, 6.45) is 4.28. The number of hydrogen-bond donors (Lipinski definition) is 0. The topological polar surface area (TPSA) is 3.24 Å². The standard InChI is InChI=1S/C26H25F6NP2/c1-2-3-11-33(34-12-7-10-24(34)17-8-5-4-6-9-17)35(18-13-20(27)25(31)21(28)14-18)19-15-22(29)26(32)23(30)16-19/h4-6,8-9,13-16,24H,2-3,7,10-12H2,1H3. The van der Waals surface area contributed by atoms with Crippen molar-refractivity contribution in [1.29, 1.82) is 0 Å². The van der Waals surface area contributed by atoms with E-state index in [1.54, 1.807) is 0 Å². The number of unbranched alkanes of at least 4 members (excludes halogenated alkanes) is 1. The van der Waals surface area contributed by atoms with Gasteiger partial charge in [0.2, 0.25) is 0 Å². The van der Waals surface area contributed by atoms with Crippen LogP contribution in [-0.2, 0) is 0 Å². The van der Waals surface area contributed by atoms with E-state index < -0.39 is 51.0 Å². The molecule has 1 nitrogen and oxygen atoms in total. The second kappa shape index (κ2) is 11.4. The third-order valence-corrected chi connectivity index (χ3v) is 12.3. The number of benzene rings is 3. The average molecular weight is 527 g/mol. The van der Waals surface area contributed by atoms with Crippen LogP contribution in [0.3, 0.4) is 0 Å². The minimum atomic E-state index is -1.87. The molecule has 3 aromatic carbocycles. The first kappa shape index (κ1) is 26.1. The Kier molecular flexibility index (Phi) is 8.52. The second-order valence-electron chi connectivity index (χ2n) is 8.44. The fraction of sp³-hybridized carbons (Fsp3) is 0.308. The lowest BCUT2D eigenvalue weighted by Gasteiger charge is -2.40. The van der Waals surface area contributed by atoms with Crippen LogP contribution >= 0.6 is 16.1 Å². The van der Waals surface area contributed by atoms with Crippen LogP contribution in [0, 0.1) is 34.9 Å². The third kappa shape index (κ3) is 5.58. The molecule has 0 aromatic heterocycles. The van der Waals surface area contributed by atoms with Gasteiger partial charge in [-0.2, -0.15) is 0 Å². The largest absolute Gasteiger partial charge is 0.252 e. The van der Waals surface area contributed by atoms with E-state index in [4.69, 9.17) is 0 Å². The normalized spacial score (nSPS) is 18.1. The van der Waals surface area contributed by atoms with Crippen LogP contribution in [0.25, 0.3) is 0 Å². The lowest BCUT2D eigenvalue weighted by molar-refractivity contribution is 0.448. The van der Waals surface area contributed by atoms with E-state index in [1.807, 2.05) is 37.3 Å². The van der Waals surface area contributed by atoms with E-state index in [9.17, 15) is 26.3 Å². The van der Waals surface area contributed by atoms with Crippen molar-refractivity contribution in [3.8, 4) is 0 Å². The van der Waals surface area contributed by atoms with E-state index in [0.29, 0.717) is 6.54 Å². The maximum atomic E-state index is 14.3. The van der Waals surface area contributed by atoms with Crippen LogP contribution in [0.4, 0.5) is 26.3 Å².